The van der Waals surface area contributed by atoms with Crippen LogP contribution in [0.25, 0.3) is 0 Å². The highest BCUT2D eigenvalue weighted by Crippen LogP contribution is 2.28. The van der Waals surface area contributed by atoms with Crippen molar-refractivity contribution >= 4 is 33.2 Å². The van der Waals surface area contributed by atoms with Crippen molar-refractivity contribution in [3.05, 3.63) is 63.3 Å². The van der Waals surface area contributed by atoms with Crippen LogP contribution < -0.4 is 5.32 Å². The first-order chi connectivity index (χ1) is 9.11. The van der Waals surface area contributed by atoms with E-state index in [0.29, 0.717) is 10.6 Å². The number of halogens is 3. The van der Waals surface area contributed by atoms with E-state index >= 15 is 0 Å². The number of benzene rings is 2. The highest BCUT2D eigenvalue weighted by Gasteiger charge is 2.16. The van der Waals surface area contributed by atoms with Gasteiger partial charge in [0.25, 0.3) is 0 Å². The van der Waals surface area contributed by atoms with E-state index in [0.717, 1.165) is 10.2 Å². The van der Waals surface area contributed by atoms with Gasteiger partial charge in [-0.1, -0.05) is 23.7 Å². The molecule has 2 N–H and O–H groups in total. The van der Waals surface area contributed by atoms with Crippen LogP contribution in [0.3, 0.4) is 0 Å². The lowest BCUT2D eigenvalue weighted by Crippen LogP contribution is -2.16. The first-order valence-electron chi connectivity index (χ1n) is 5.68. The molecule has 2 aromatic rings. The van der Waals surface area contributed by atoms with E-state index in [1.807, 2.05) is 24.3 Å². The maximum atomic E-state index is 13.8. The van der Waals surface area contributed by atoms with E-state index in [-0.39, 0.29) is 6.61 Å². The number of aliphatic hydroxyl groups is 1. The molecular weight excluding hydrogens is 333 g/mol. The molecule has 0 aliphatic carbocycles. The predicted molar refractivity (Wildman–Crippen MR) is 79.0 cm³/mol. The smallest absolute Gasteiger partial charge is 0.128 e. The summed E-state index contributed by atoms with van der Waals surface area (Å²) in [5.41, 5.74) is 1.12. The van der Waals surface area contributed by atoms with Crippen molar-refractivity contribution < 1.29 is 9.50 Å². The van der Waals surface area contributed by atoms with Gasteiger partial charge in [-0.25, -0.2) is 4.39 Å². The Bertz CT molecular complexity index is 579. The van der Waals surface area contributed by atoms with Crippen LogP contribution in [0.1, 0.15) is 11.6 Å². The minimum Gasteiger partial charge on any atom is -0.394 e. The van der Waals surface area contributed by atoms with E-state index < -0.39 is 11.9 Å². The van der Waals surface area contributed by atoms with Crippen LogP contribution >= 0.6 is 27.5 Å². The standard InChI is InChI=1S/C14H12BrClFNO/c15-11-3-1-2-4-13(11)18-14(8-19)10-7-9(16)5-6-12(10)17/h1-7,14,18-19H,8H2. The molecule has 0 saturated carbocycles. The van der Waals surface area contributed by atoms with Gasteiger partial charge in [0.2, 0.25) is 0 Å². The maximum Gasteiger partial charge on any atom is 0.128 e. The second-order valence-corrected chi connectivity index (χ2v) is 5.32. The fraction of sp³-hybridized carbons (Fsp3) is 0.143. The Kier molecular flexibility index (Phi) is 4.80. The number of para-hydroxylation sites is 1. The van der Waals surface area contributed by atoms with Gasteiger partial charge in [0.05, 0.1) is 12.6 Å². The van der Waals surface area contributed by atoms with Crippen LogP contribution in [0.15, 0.2) is 46.9 Å². The quantitative estimate of drug-likeness (QED) is 0.862. The molecule has 100 valence electrons. The number of hydrogen-bond donors (Lipinski definition) is 2. The predicted octanol–water partition coefficient (Wildman–Crippen LogP) is 4.39. The SMILES string of the molecule is OCC(Nc1ccccc1Br)c1cc(Cl)ccc1F. The Morgan fingerprint density at radius 3 is 2.68 bits per heavy atom. The van der Waals surface area contributed by atoms with Gasteiger partial charge in [0.15, 0.2) is 0 Å². The molecule has 0 fully saturated rings. The van der Waals surface area contributed by atoms with Crippen LogP contribution in [0.4, 0.5) is 10.1 Å². The van der Waals surface area contributed by atoms with Crippen molar-refractivity contribution in [3.63, 3.8) is 0 Å². The van der Waals surface area contributed by atoms with Gasteiger partial charge in [-0.2, -0.15) is 0 Å². The third-order valence-electron chi connectivity index (χ3n) is 2.72. The molecule has 0 spiro atoms. The molecule has 0 aliphatic rings. The lowest BCUT2D eigenvalue weighted by molar-refractivity contribution is 0.274. The summed E-state index contributed by atoms with van der Waals surface area (Å²) in [6, 6.07) is 11.2. The van der Waals surface area contributed by atoms with Crippen LogP contribution in [0.2, 0.25) is 5.02 Å². The fourth-order valence-electron chi connectivity index (χ4n) is 1.77. The molecule has 0 radical (unpaired) electrons. The van der Waals surface area contributed by atoms with Gasteiger partial charge in [-0.05, 0) is 46.3 Å². The normalized spacial score (nSPS) is 12.2. The monoisotopic (exact) mass is 343 g/mol. The first-order valence-corrected chi connectivity index (χ1v) is 6.86. The van der Waals surface area contributed by atoms with Crippen LogP contribution in [-0.4, -0.2) is 11.7 Å². The molecule has 0 aliphatic heterocycles. The summed E-state index contributed by atoms with van der Waals surface area (Å²) in [7, 11) is 0. The van der Waals surface area contributed by atoms with Crippen molar-refractivity contribution in [3.8, 4) is 0 Å². The van der Waals surface area contributed by atoms with E-state index in [4.69, 9.17) is 11.6 Å². The molecule has 0 aromatic heterocycles. The largest absolute Gasteiger partial charge is 0.394 e. The molecule has 19 heavy (non-hydrogen) atoms. The lowest BCUT2D eigenvalue weighted by atomic mass is 10.1. The molecule has 1 atom stereocenters. The van der Waals surface area contributed by atoms with Crippen molar-refractivity contribution in [2.24, 2.45) is 0 Å². The van der Waals surface area contributed by atoms with Crippen LogP contribution in [-0.2, 0) is 0 Å². The second-order valence-electron chi connectivity index (χ2n) is 4.03. The Morgan fingerprint density at radius 1 is 1.26 bits per heavy atom. The van der Waals surface area contributed by atoms with E-state index in [1.54, 1.807) is 0 Å². The second kappa shape index (κ2) is 6.37. The highest BCUT2D eigenvalue weighted by molar-refractivity contribution is 9.10. The Labute approximate surface area is 124 Å². The molecule has 0 amide bonds. The molecule has 2 rings (SSSR count). The molecule has 0 saturated heterocycles. The van der Waals surface area contributed by atoms with Gasteiger partial charge < -0.3 is 10.4 Å². The molecule has 0 heterocycles. The van der Waals surface area contributed by atoms with E-state index in [9.17, 15) is 9.50 Å². The highest BCUT2D eigenvalue weighted by atomic mass is 79.9. The number of nitrogens with one attached hydrogen (secondary N) is 1. The average molecular weight is 345 g/mol. The van der Waals surface area contributed by atoms with Crippen molar-refractivity contribution in [1.82, 2.24) is 0 Å². The van der Waals surface area contributed by atoms with Gasteiger partial charge in [-0.15, -0.1) is 0 Å². The molecule has 2 nitrogen and oxygen atoms in total. The number of aliphatic hydroxyl groups excluding tert-OH is 1. The van der Waals surface area contributed by atoms with Crippen LogP contribution in [0, 0.1) is 5.82 Å². The summed E-state index contributed by atoms with van der Waals surface area (Å²) in [5.74, 6) is -0.400. The Hall–Kier alpha value is -1.10. The average Bonchev–Trinajstić information content (AvgIpc) is 2.41. The number of anilines is 1. The van der Waals surface area contributed by atoms with E-state index in [2.05, 4.69) is 21.2 Å². The minimum atomic E-state index is -0.558. The topological polar surface area (TPSA) is 32.3 Å². The van der Waals surface area contributed by atoms with Gasteiger partial charge in [0.1, 0.15) is 5.82 Å². The Morgan fingerprint density at radius 2 is 2.00 bits per heavy atom. The van der Waals surface area contributed by atoms with Crippen LogP contribution in [0.5, 0.6) is 0 Å². The summed E-state index contributed by atoms with van der Waals surface area (Å²) >= 11 is 9.26. The van der Waals surface area contributed by atoms with Gasteiger partial charge >= 0.3 is 0 Å². The van der Waals surface area contributed by atoms with Gasteiger partial charge in [-0.3, -0.25) is 0 Å². The molecule has 2 aromatic carbocycles. The molecule has 5 heteroatoms. The number of rotatable bonds is 4. The van der Waals surface area contributed by atoms with Crippen molar-refractivity contribution in [2.45, 2.75) is 6.04 Å². The fourth-order valence-corrected chi connectivity index (χ4v) is 2.35. The summed E-state index contributed by atoms with van der Waals surface area (Å²) in [4.78, 5) is 0. The zero-order valence-corrected chi connectivity index (χ0v) is 12.2. The molecule has 0 bridgehead atoms. The molecular formula is C14H12BrClFNO. The first kappa shape index (κ1) is 14.3. The third-order valence-corrected chi connectivity index (χ3v) is 3.65. The lowest BCUT2D eigenvalue weighted by Gasteiger charge is -2.19. The molecule has 1 unspecified atom stereocenters. The van der Waals surface area contributed by atoms with Crippen molar-refractivity contribution in [1.29, 1.82) is 0 Å². The summed E-state index contributed by atoms with van der Waals surface area (Å²) in [5, 5.41) is 13.0. The number of hydrogen-bond acceptors (Lipinski definition) is 2. The zero-order chi connectivity index (χ0) is 13.8. The maximum absolute atomic E-state index is 13.8. The summed E-state index contributed by atoms with van der Waals surface area (Å²) in [6.07, 6.45) is 0. The zero-order valence-electron chi connectivity index (χ0n) is 9.91. The third kappa shape index (κ3) is 3.47. The minimum absolute atomic E-state index is 0.238. The summed E-state index contributed by atoms with van der Waals surface area (Å²) in [6.45, 7) is -0.238. The summed E-state index contributed by atoms with van der Waals surface area (Å²) < 4.78 is 14.6. The van der Waals surface area contributed by atoms with Gasteiger partial charge in [0, 0.05) is 20.7 Å². The van der Waals surface area contributed by atoms with E-state index in [1.165, 1.54) is 18.2 Å². The van der Waals surface area contributed by atoms with Crippen molar-refractivity contribution in [2.75, 3.05) is 11.9 Å². The Balaban J connectivity index is 2.30.